The molecule has 0 fully saturated rings. The number of rotatable bonds is 5. The van der Waals surface area contributed by atoms with Crippen molar-refractivity contribution in [3.8, 4) is 5.88 Å². The van der Waals surface area contributed by atoms with E-state index in [2.05, 4.69) is 30.3 Å². The van der Waals surface area contributed by atoms with Crippen molar-refractivity contribution in [2.24, 2.45) is 21.7 Å². The standard InChI is InChI=1S/C11H16FN7O/c1-7-5-14-19(2)11(7)16-9(4-13)15-8-3-10(18-17-8)20-6-12/h3-5,7H,6,13H2,1-2H3,(H2,15,17,18)/b9-4-,16-11?. The molecular formula is C11H16FN7O. The lowest BCUT2D eigenvalue weighted by molar-refractivity contribution is 0.184. The van der Waals surface area contributed by atoms with Gasteiger partial charge in [0.15, 0.2) is 0 Å². The number of ether oxygens (including phenoxy) is 1. The van der Waals surface area contributed by atoms with E-state index in [1.807, 2.05) is 6.92 Å². The number of amidine groups is 1. The van der Waals surface area contributed by atoms with E-state index in [1.165, 1.54) is 12.3 Å². The molecule has 20 heavy (non-hydrogen) atoms. The quantitative estimate of drug-likeness (QED) is 0.742. The first-order valence-corrected chi connectivity index (χ1v) is 5.93. The molecule has 0 aliphatic carbocycles. The zero-order valence-corrected chi connectivity index (χ0v) is 11.2. The third-order valence-corrected chi connectivity index (χ3v) is 2.61. The number of halogens is 1. The molecule has 9 heteroatoms. The number of alkyl halides is 1. The maximum atomic E-state index is 12.0. The number of nitrogens with zero attached hydrogens (tertiary/aromatic N) is 4. The second-order valence-corrected chi connectivity index (χ2v) is 4.10. The van der Waals surface area contributed by atoms with Crippen LogP contribution in [0.1, 0.15) is 6.92 Å². The smallest absolute Gasteiger partial charge is 0.237 e. The van der Waals surface area contributed by atoms with Gasteiger partial charge >= 0.3 is 0 Å². The van der Waals surface area contributed by atoms with Gasteiger partial charge in [-0.1, -0.05) is 6.92 Å². The van der Waals surface area contributed by atoms with Crippen molar-refractivity contribution >= 4 is 17.9 Å². The van der Waals surface area contributed by atoms with Gasteiger partial charge in [0.05, 0.1) is 5.92 Å². The number of nitrogens with one attached hydrogen (secondary N) is 2. The number of nitrogens with two attached hydrogens (primary N) is 1. The van der Waals surface area contributed by atoms with Crippen molar-refractivity contribution in [1.29, 1.82) is 0 Å². The minimum Gasteiger partial charge on any atom is -0.445 e. The second kappa shape index (κ2) is 6.04. The van der Waals surface area contributed by atoms with Crippen molar-refractivity contribution in [2.75, 3.05) is 19.2 Å². The number of aromatic nitrogens is 2. The molecule has 0 spiro atoms. The van der Waals surface area contributed by atoms with Gasteiger partial charge < -0.3 is 15.8 Å². The highest BCUT2D eigenvalue weighted by Crippen LogP contribution is 2.16. The lowest BCUT2D eigenvalue weighted by Crippen LogP contribution is -2.22. The summed E-state index contributed by atoms with van der Waals surface area (Å²) in [6.07, 6.45) is 3.11. The molecule has 2 rings (SSSR count). The maximum Gasteiger partial charge on any atom is 0.237 e. The zero-order chi connectivity index (χ0) is 14.5. The predicted molar refractivity (Wildman–Crippen MR) is 73.9 cm³/mol. The Kier molecular flexibility index (Phi) is 4.18. The van der Waals surface area contributed by atoms with E-state index in [1.54, 1.807) is 18.3 Å². The Morgan fingerprint density at radius 1 is 1.75 bits per heavy atom. The van der Waals surface area contributed by atoms with Crippen LogP contribution in [-0.2, 0) is 0 Å². The molecule has 2 heterocycles. The molecule has 108 valence electrons. The lowest BCUT2D eigenvalue weighted by Gasteiger charge is -2.12. The number of aromatic amines is 1. The Morgan fingerprint density at radius 2 is 2.55 bits per heavy atom. The summed E-state index contributed by atoms with van der Waals surface area (Å²) in [4.78, 5) is 4.39. The maximum absolute atomic E-state index is 12.0. The van der Waals surface area contributed by atoms with Crippen LogP contribution in [0.5, 0.6) is 5.88 Å². The largest absolute Gasteiger partial charge is 0.445 e. The van der Waals surface area contributed by atoms with Gasteiger partial charge in [-0.3, -0.25) is 10.1 Å². The van der Waals surface area contributed by atoms with E-state index in [-0.39, 0.29) is 11.8 Å². The van der Waals surface area contributed by atoms with Crippen LogP contribution in [0.4, 0.5) is 10.2 Å². The monoisotopic (exact) mass is 281 g/mol. The Labute approximate surface area is 115 Å². The van der Waals surface area contributed by atoms with Crippen LogP contribution in [0.3, 0.4) is 0 Å². The molecule has 1 atom stereocenters. The summed E-state index contributed by atoms with van der Waals surface area (Å²) >= 11 is 0. The zero-order valence-electron chi connectivity index (χ0n) is 11.2. The highest BCUT2D eigenvalue weighted by atomic mass is 19.1. The summed E-state index contributed by atoms with van der Waals surface area (Å²) in [7, 11) is 1.80. The number of aliphatic imine (C=N–C) groups is 1. The Morgan fingerprint density at radius 3 is 3.15 bits per heavy atom. The van der Waals surface area contributed by atoms with Crippen LogP contribution in [0.25, 0.3) is 0 Å². The molecule has 0 saturated carbocycles. The van der Waals surface area contributed by atoms with Gasteiger partial charge in [-0.15, -0.1) is 5.10 Å². The number of hydrogen-bond donors (Lipinski definition) is 3. The highest BCUT2D eigenvalue weighted by Gasteiger charge is 2.19. The van der Waals surface area contributed by atoms with Crippen LogP contribution in [0.15, 0.2) is 28.2 Å². The fraction of sp³-hybridized carbons (Fsp3) is 0.364. The molecular weight excluding hydrogens is 265 g/mol. The minimum atomic E-state index is -0.939. The van der Waals surface area contributed by atoms with Crippen molar-refractivity contribution in [3.63, 3.8) is 0 Å². The van der Waals surface area contributed by atoms with E-state index in [4.69, 9.17) is 5.73 Å². The van der Waals surface area contributed by atoms with Crippen molar-refractivity contribution in [2.45, 2.75) is 6.92 Å². The fourth-order valence-corrected chi connectivity index (χ4v) is 1.66. The van der Waals surface area contributed by atoms with Crippen LogP contribution < -0.4 is 15.8 Å². The van der Waals surface area contributed by atoms with Crippen molar-refractivity contribution in [3.05, 3.63) is 18.1 Å². The van der Waals surface area contributed by atoms with E-state index in [0.717, 1.165) is 5.84 Å². The average molecular weight is 281 g/mol. The summed E-state index contributed by atoms with van der Waals surface area (Å²) in [6, 6.07) is 1.50. The van der Waals surface area contributed by atoms with Crippen LogP contribution >= 0.6 is 0 Å². The Balaban J connectivity index is 2.08. The van der Waals surface area contributed by atoms with Crippen molar-refractivity contribution in [1.82, 2.24) is 15.2 Å². The fourth-order valence-electron chi connectivity index (χ4n) is 1.66. The number of H-pyrrole nitrogens is 1. The third kappa shape index (κ3) is 3.05. The average Bonchev–Trinajstić information content (AvgIpc) is 2.99. The molecule has 1 aromatic heterocycles. The van der Waals surface area contributed by atoms with E-state index < -0.39 is 6.86 Å². The van der Waals surface area contributed by atoms with Crippen LogP contribution in [-0.4, -0.2) is 41.2 Å². The Hall–Kier alpha value is -2.58. The van der Waals surface area contributed by atoms with Crippen LogP contribution in [0.2, 0.25) is 0 Å². The number of hydrogen-bond acceptors (Lipinski definition) is 6. The normalized spacial score (nSPS) is 20.8. The van der Waals surface area contributed by atoms with Gasteiger partial charge in [-0.2, -0.15) is 5.10 Å². The molecule has 4 N–H and O–H groups in total. The predicted octanol–water partition coefficient (Wildman–Crippen LogP) is 0.851. The van der Waals surface area contributed by atoms with Crippen LogP contribution in [0, 0.1) is 5.92 Å². The van der Waals surface area contributed by atoms with Gasteiger partial charge in [-0.25, -0.2) is 9.38 Å². The molecule has 0 aromatic carbocycles. The van der Waals surface area contributed by atoms with Gasteiger partial charge in [0, 0.05) is 25.5 Å². The van der Waals surface area contributed by atoms with E-state index in [0.29, 0.717) is 11.6 Å². The van der Waals surface area contributed by atoms with Gasteiger partial charge in [0.2, 0.25) is 12.7 Å². The first-order chi connectivity index (χ1) is 9.63. The molecule has 1 aromatic rings. The summed E-state index contributed by atoms with van der Waals surface area (Å²) in [5.41, 5.74) is 5.54. The molecule has 1 aliphatic heterocycles. The molecule has 0 bridgehead atoms. The summed E-state index contributed by atoms with van der Waals surface area (Å²) < 4.78 is 16.6. The number of hydrazone groups is 1. The van der Waals surface area contributed by atoms with Crippen molar-refractivity contribution < 1.29 is 9.13 Å². The topological polar surface area (TPSA) is 104 Å². The molecule has 8 nitrogen and oxygen atoms in total. The minimum absolute atomic E-state index is 0.101. The lowest BCUT2D eigenvalue weighted by atomic mass is 10.2. The summed E-state index contributed by atoms with van der Waals surface area (Å²) in [6.45, 7) is 1.04. The molecule has 0 radical (unpaired) electrons. The molecule has 0 saturated heterocycles. The highest BCUT2D eigenvalue weighted by molar-refractivity contribution is 6.00. The molecule has 1 aliphatic rings. The van der Waals surface area contributed by atoms with Gasteiger partial charge in [-0.05, 0) is 0 Å². The van der Waals surface area contributed by atoms with Gasteiger partial charge in [0.1, 0.15) is 17.5 Å². The first kappa shape index (κ1) is 13.8. The summed E-state index contributed by atoms with van der Waals surface area (Å²) in [5, 5.41) is 15.1. The van der Waals surface area contributed by atoms with E-state index in [9.17, 15) is 4.39 Å². The Bertz CT molecular complexity index is 537. The van der Waals surface area contributed by atoms with E-state index >= 15 is 0 Å². The molecule has 0 amide bonds. The molecule has 1 unspecified atom stereocenters. The summed E-state index contributed by atoms with van der Waals surface area (Å²) in [5.74, 6) is 1.91. The first-order valence-electron chi connectivity index (χ1n) is 5.93. The second-order valence-electron chi connectivity index (χ2n) is 4.10. The third-order valence-electron chi connectivity index (χ3n) is 2.61. The van der Waals surface area contributed by atoms with Gasteiger partial charge in [0.25, 0.3) is 0 Å². The SMILES string of the molecule is CC1C=NN(C)C1=N/C(=C\N)Nc1cc(OCF)n[nH]1. The number of anilines is 1.